The van der Waals surface area contributed by atoms with E-state index in [4.69, 9.17) is 25.8 Å². The first kappa shape index (κ1) is 28.8. The number of aliphatic hydroxyl groups is 1. The monoisotopic (exact) mass is 582 g/mol. The van der Waals surface area contributed by atoms with Crippen LogP contribution in [0.25, 0.3) is 22.3 Å². The van der Waals surface area contributed by atoms with Gasteiger partial charge >= 0.3 is 0 Å². The van der Waals surface area contributed by atoms with Gasteiger partial charge in [0.05, 0.1) is 17.5 Å². The molecule has 5 aromatic rings. The second-order valence-corrected chi connectivity index (χ2v) is 12.2. The number of fused-ring (bicyclic) bond motifs is 1. The van der Waals surface area contributed by atoms with Crippen LogP contribution in [0.4, 0.5) is 5.82 Å². The highest BCUT2D eigenvalue weighted by Crippen LogP contribution is 2.37. The van der Waals surface area contributed by atoms with Gasteiger partial charge in [-0.05, 0) is 62.1 Å². The van der Waals surface area contributed by atoms with Gasteiger partial charge in [0.25, 0.3) is 0 Å². The second-order valence-electron chi connectivity index (χ2n) is 12.2. The topological polar surface area (TPSA) is 163 Å². The van der Waals surface area contributed by atoms with Crippen LogP contribution in [-0.4, -0.2) is 42.3 Å². The lowest BCUT2D eigenvalue weighted by Crippen LogP contribution is -2.46. The molecule has 6 rings (SSSR count). The van der Waals surface area contributed by atoms with E-state index in [2.05, 4.69) is 20.4 Å². The van der Waals surface area contributed by atoms with Crippen molar-refractivity contribution in [2.24, 2.45) is 5.73 Å². The first-order valence-corrected chi connectivity index (χ1v) is 14.7. The number of aromatic nitrogens is 5. The van der Waals surface area contributed by atoms with Gasteiger partial charge in [0.2, 0.25) is 0 Å². The molecule has 0 aliphatic heterocycles. The van der Waals surface area contributed by atoms with Crippen LogP contribution in [0.2, 0.25) is 0 Å². The number of benzene rings is 2. The summed E-state index contributed by atoms with van der Waals surface area (Å²) < 4.78 is 13.4. The molecule has 1 aliphatic carbocycles. The van der Waals surface area contributed by atoms with E-state index in [1.54, 1.807) is 0 Å². The molecule has 3 heterocycles. The first-order valence-electron chi connectivity index (χ1n) is 14.7. The van der Waals surface area contributed by atoms with Crippen LogP contribution in [0.5, 0.6) is 11.5 Å². The Labute approximate surface area is 250 Å². The normalized spacial score (nSPS) is 18.9. The van der Waals surface area contributed by atoms with Crippen LogP contribution in [-0.2, 0) is 5.41 Å². The van der Waals surface area contributed by atoms with Crippen LogP contribution in [0.15, 0.2) is 71.5 Å². The highest BCUT2D eigenvalue weighted by molar-refractivity contribution is 5.98. The van der Waals surface area contributed by atoms with E-state index in [0.717, 1.165) is 59.6 Å². The summed E-state index contributed by atoms with van der Waals surface area (Å²) in [5.41, 5.74) is 15.4. The maximum Gasteiger partial charge on any atom is 0.164 e. The number of anilines is 1. The third kappa shape index (κ3) is 6.10. The molecule has 3 aromatic heterocycles. The number of rotatable bonds is 8. The van der Waals surface area contributed by atoms with Crippen molar-refractivity contribution >= 4 is 16.9 Å². The third-order valence-corrected chi connectivity index (χ3v) is 8.02. The van der Waals surface area contributed by atoms with Crippen molar-refractivity contribution in [3.63, 3.8) is 0 Å². The summed E-state index contributed by atoms with van der Waals surface area (Å²) in [6.45, 7) is 6.12. The fourth-order valence-electron chi connectivity index (χ4n) is 5.55. The lowest BCUT2D eigenvalue weighted by atomic mass is 9.90. The van der Waals surface area contributed by atoms with Crippen molar-refractivity contribution < 1.29 is 14.4 Å². The summed E-state index contributed by atoms with van der Waals surface area (Å²) in [5, 5.41) is 24.0. The van der Waals surface area contributed by atoms with Gasteiger partial charge in [0, 0.05) is 23.1 Å². The predicted molar refractivity (Wildman–Crippen MR) is 164 cm³/mol. The number of hydrogen-bond acceptors (Lipinski definition) is 10. The zero-order chi connectivity index (χ0) is 30.1. The Hall–Kier alpha value is -4.32. The molecule has 1 unspecified atom stereocenters. The molecule has 43 heavy (non-hydrogen) atoms. The van der Waals surface area contributed by atoms with Crippen LogP contribution < -0.4 is 21.5 Å². The highest BCUT2D eigenvalue weighted by Gasteiger charge is 2.30. The van der Waals surface area contributed by atoms with E-state index in [0.29, 0.717) is 17.2 Å². The molecular weight excluding hydrogens is 544 g/mol. The van der Waals surface area contributed by atoms with E-state index in [-0.39, 0.29) is 17.5 Å². The standard InChI is InChI=1S/C32H38N8O3/c1-32(2,3)25-17-24(39-43-25)27(33)31(41)37-20-11-13-21(14-12-20)40-30-26(29(34)35-18-36-30)28(38-40)19-9-15-23(16-10-19)42-22-7-5-4-6-8-22/h4-10,15-18,20-21,27,31,37,41H,11-14,33H2,1-3H3,(H2,34,35,36)/t20-,21+,27-,31?/m1/s1. The van der Waals surface area contributed by atoms with Crippen molar-refractivity contribution in [3.8, 4) is 22.8 Å². The third-order valence-electron chi connectivity index (χ3n) is 8.02. The summed E-state index contributed by atoms with van der Waals surface area (Å²) >= 11 is 0. The number of hydrogen-bond donors (Lipinski definition) is 4. The van der Waals surface area contributed by atoms with Crippen molar-refractivity contribution in [1.82, 2.24) is 30.2 Å². The molecule has 6 N–H and O–H groups in total. The average Bonchev–Trinajstić information content (AvgIpc) is 3.65. The van der Waals surface area contributed by atoms with Crippen molar-refractivity contribution in [1.29, 1.82) is 0 Å². The van der Waals surface area contributed by atoms with Gasteiger partial charge in [-0.25, -0.2) is 14.6 Å². The van der Waals surface area contributed by atoms with Crippen molar-refractivity contribution in [2.45, 2.75) is 76.2 Å². The fourth-order valence-corrected chi connectivity index (χ4v) is 5.55. The minimum Gasteiger partial charge on any atom is -0.457 e. The van der Waals surface area contributed by atoms with Gasteiger partial charge in [0.15, 0.2) is 5.65 Å². The summed E-state index contributed by atoms with van der Waals surface area (Å²) in [4.78, 5) is 8.83. The number of ether oxygens (including phenoxy) is 1. The Morgan fingerprint density at radius 2 is 1.70 bits per heavy atom. The van der Waals surface area contributed by atoms with E-state index >= 15 is 0 Å². The Morgan fingerprint density at radius 3 is 2.37 bits per heavy atom. The molecular formula is C32H38N8O3. The largest absolute Gasteiger partial charge is 0.457 e. The van der Waals surface area contributed by atoms with Crippen molar-refractivity contribution in [3.05, 3.63) is 78.4 Å². The molecule has 11 nitrogen and oxygen atoms in total. The number of nitrogen functional groups attached to an aromatic ring is 1. The van der Waals surface area contributed by atoms with Gasteiger partial charge < -0.3 is 25.8 Å². The Kier molecular flexibility index (Phi) is 7.87. The minimum atomic E-state index is -0.946. The molecule has 1 saturated carbocycles. The van der Waals surface area contributed by atoms with Crippen LogP contribution >= 0.6 is 0 Å². The van der Waals surface area contributed by atoms with E-state index in [1.165, 1.54) is 6.33 Å². The van der Waals surface area contributed by atoms with E-state index in [9.17, 15) is 5.11 Å². The summed E-state index contributed by atoms with van der Waals surface area (Å²) in [6.07, 6.45) is 3.91. The number of aliphatic hydroxyl groups excluding tert-OH is 1. The number of nitrogens with zero attached hydrogens (tertiary/aromatic N) is 5. The maximum absolute atomic E-state index is 10.8. The van der Waals surface area contributed by atoms with E-state index < -0.39 is 12.3 Å². The van der Waals surface area contributed by atoms with Gasteiger partial charge in [-0.15, -0.1) is 0 Å². The Balaban J connectivity index is 1.15. The van der Waals surface area contributed by atoms with Gasteiger partial charge in [-0.3, -0.25) is 5.32 Å². The van der Waals surface area contributed by atoms with Gasteiger partial charge in [-0.2, -0.15) is 5.10 Å². The molecule has 11 heteroatoms. The smallest absolute Gasteiger partial charge is 0.164 e. The van der Waals surface area contributed by atoms with E-state index in [1.807, 2.05) is 86.1 Å². The summed E-state index contributed by atoms with van der Waals surface area (Å²) in [7, 11) is 0. The second kappa shape index (κ2) is 11.8. The molecule has 0 bridgehead atoms. The first-order chi connectivity index (χ1) is 20.7. The molecule has 2 aromatic carbocycles. The highest BCUT2D eigenvalue weighted by atomic mass is 16.5. The maximum atomic E-state index is 10.8. The Morgan fingerprint density at radius 1 is 1.00 bits per heavy atom. The summed E-state index contributed by atoms with van der Waals surface area (Å²) in [5.74, 6) is 2.63. The zero-order valence-electron chi connectivity index (χ0n) is 24.6. The fraction of sp³-hybridized carbons (Fsp3) is 0.375. The minimum absolute atomic E-state index is 0.101. The summed E-state index contributed by atoms with van der Waals surface area (Å²) in [6, 6.07) is 18.8. The lowest BCUT2D eigenvalue weighted by molar-refractivity contribution is 0.0815. The molecule has 0 amide bonds. The quantitative estimate of drug-likeness (QED) is 0.178. The molecule has 2 atom stereocenters. The zero-order valence-corrected chi connectivity index (χ0v) is 24.6. The van der Waals surface area contributed by atoms with Crippen LogP contribution in [0, 0.1) is 0 Å². The molecule has 1 fully saturated rings. The number of nitrogens with two attached hydrogens (primary N) is 2. The van der Waals surface area contributed by atoms with Gasteiger partial charge in [0.1, 0.15) is 47.0 Å². The van der Waals surface area contributed by atoms with Crippen molar-refractivity contribution in [2.75, 3.05) is 5.73 Å². The molecule has 0 saturated heterocycles. The molecule has 1 aliphatic rings. The Bertz CT molecular complexity index is 1670. The predicted octanol–water partition coefficient (Wildman–Crippen LogP) is 5.25. The molecule has 224 valence electrons. The molecule has 0 spiro atoms. The average molecular weight is 583 g/mol. The van der Waals surface area contributed by atoms with Gasteiger partial charge in [-0.1, -0.05) is 44.1 Å². The number of nitrogens with one attached hydrogen (secondary N) is 1. The lowest BCUT2D eigenvalue weighted by Gasteiger charge is -2.32. The number of para-hydroxylation sites is 1. The van der Waals surface area contributed by atoms with Crippen LogP contribution in [0.3, 0.4) is 0 Å². The SMILES string of the molecule is CC(C)(C)c1cc([C@@H](N)C(O)N[C@H]2CC[C@@H](n3nc(-c4ccc(Oc5ccccc5)cc4)c4c(N)ncnc43)CC2)no1. The molecule has 0 radical (unpaired) electrons. The van der Waals surface area contributed by atoms with Crippen LogP contribution in [0.1, 0.15) is 70.0 Å².